The molecule has 1 fully saturated rings. The summed E-state index contributed by atoms with van der Waals surface area (Å²) in [4.78, 5) is 38.4. The lowest BCUT2D eigenvalue weighted by Crippen LogP contribution is -2.53. The first-order chi connectivity index (χ1) is 17.0. The van der Waals surface area contributed by atoms with Crippen LogP contribution >= 0.6 is 11.8 Å². The molecule has 1 saturated heterocycles. The molecule has 4 amide bonds. The van der Waals surface area contributed by atoms with Crippen LogP contribution in [0.2, 0.25) is 0 Å². The minimum absolute atomic E-state index is 0.00185. The minimum Gasteiger partial charge on any atom is -0.497 e. The molecular weight excluding hydrogens is 468 g/mol. The number of carbonyl (C=O) groups is 3. The Morgan fingerprint density at radius 2 is 1.94 bits per heavy atom. The molecule has 2 N–H and O–H groups in total. The van der Waals surface area contributed by atoms with E-state index in [0.29, 0.717) is 29.7 Å². The third-order valence-electron chi connectivity index (χ3n) is 5.99. The number of thioether (sulfide) groups is 1. The zero-order valence-corrected chi connectivity index (χ0v) is 19.9. The average molecular weight is 493 g/mol. The van der Waals surface area contributed by atoms with Crippen LogP contribution in [0.4, 0.5) is 10.5 Å². The van der Waals surface area contributed by atoms with Crippen molar-refractivity contribution in [2.45, 2.75) is 30.5 Å². The summed E-state index contributed by atoms with van der Waals surface area (Å²) < 4.78 is 7.12. The van der Waals surface area contributed by atoms with Crippen molar-refractivity contribution >= 4 is 35.3 Å². The molecule has 0 radical (unpaired) electrons. The predicted octanol–water partition coefficient (Wildman–Crippen LogP) is 2.10. The quantitative estimate of drug-likeness (QED) is 0.485. The highest BCUT2D eigenvalue weighted by Gasteiger charge is 2.28. The maximum absolute atomic E-state index is 13.0. The molecule has 1 atom stereocenters. The minimum atomic E-state index is -0.521. The number of anilines is 1. The third kappa shape index (κ3) is 4.85. The van der Waals surface area contributed by atoms with E-state index in [4.69, 9.17) is 4.74 Å². The van der Waals surface area contributed by atoms with Gasteiger partial charge in [0.05, 0.1) is 12.9 Å². The summed E-state index contributed by atoms with van der Waals surface area (Å²) >= 11 is 1.31. The van der Waals surface area contributed by atoms with Crippen LogP contribution in [0.3, 0.4) is 0 Å². The number of carbonyl (C=O) groups excluding carboxylic acids is 3. The number of ether oxygens (including phenoxy) is 1. The van der Waals surface area contributed by atoms with Gasteiger partial charge in [0.2, 0.25) is 11.8 Å². The number of imide groups is 1. The van der Waals surface area contributed by atoms with Crippen molar-refractivity contribution in [3.8, 4) is 11.4 Å². The lowest BCUT2D eigenvalue weighted by molar-refractivity contribution is -0.121. The normalized spacial score (nSPS) is 17.1. The molecule has 2 aliphatic rings. The van der Waals surface area contributed by atoms with Crippen molar-refractivity contribution in [2.24, 2.45) is 0 Å². The Bertz CT molecular complexity index is 1260. The van der Waals surface area contributed by atoms with Crippen molar-refractivity contribution in [2.75, 3.05) is 24.3 Å². The molecule has 3 aromatic rings. The molecule has 10 nitrogen and oxygen atoms in total. The largest absolute Gasteiger partial charge is 0.497 e. The molecule has 0 spiro atoms. The second kappa shape index (κ2) is 9.79. The molecule has 1 aromatic heterocycles. The maximum atomic E-state index is 13.0. The fourth-order valence-electron chi connectivity index (χ4n) is 4.34. The lowest BCUT2D eigenvalue weighted by atomic mass is 10.1. The van der Waals surface area contributed by atoms with Gasteiger partial charge in [0.25, 0.3) is 0 Å². The number of nitrogens with zero attached hydrogens (tertiary/aromatic N) is 4. The highest BCUT2D eigenvalue weighted by Crippen LogP contribution is 2.30. The number of hydrogen-bond acceptors (Lipinski definition) is 7. The molecule has 5 rings (SSSR count). The highest BCUT2D eigenvalue weighted by atomic mass is 32.2. The first-order valence-corrected chi connectivity index (χ1v) is 12.2. The second-order valence-corrected chi connectivity index (χ2v) is 9.21. The average Bonchev–Trinajstić information content (AvgIpc) is 3.46. The van der Waals surface area contributed by atoms with Crippen molar-refractivity contribution in [1.29, 1.82) is 0 Å². The zero-order valence-electron chi connectivity index (χ0n) is 19.1. The van der Waals surface area contributed by atoms with Gasteiger partial charge in [-0.1, -0.05) is 30.0 Å². The number of para-hydroxylation sites is 1. The summed E-state index contributed by atoms with van der Waals surface area (Å²) in [6, 6.07) is 14.4. The molecule has 2 aromatic carbocycles. The predicted molar refractivity (Wildman–Crippen MR) is 130 cm³/mol. The first kappa shape index (κ1) is 22.9. The molecule has 0 aliphatic carbocycles. The number of fused-ring (bicyclic) bond motifs is 1. The van der Waals surface area contributed by atoms with E-state index in [1.165, 1.54) is 17.3 Å². The van der Waals surface area contributed by atoms with Crippen LogP contribution < -0.4 is 20.3 Å². The van der Waals surface area contributed by atoms with Crippen LogP contribution in [-0.4, -0.2) is 58.1 Å². The van der Waals surface area contributed by atoms with Crippen molar-refractivity contribution < 1.29 is 19.1 Å². The van der Waals surface area contributed by atoms with E-state index in [1.54, 1.807) is 7.11 Å². The van der Waals surface area contributed by atoms with E-state index in [-0.39, 0.29) is 24.0 Å². The number of amides is 4. The molecule has 0 bridgehead atoms. The van der Waals surface area contributed by atoms with Crippen LogP contribution in [0.25, 0.3) is 5.69 Å². The maximum Gasteiger partial charge on any atom is 0.321 e. The van der Waals surface area contributed by atoms with Gasteiger partial charge in [-0.15, -0.1) is 10.2 Å². The van der Waals surface area contributed by atoms with Gasteiger partial charge in [-0.2, -0.15) is 0 Å². The van der Waals surface area contributed by atoms with Crippen LogP contribution in [-0.2, 0) is 22.4 Å². The number of benzene rings is 2. The number of nitrogens with one attached hydrogen (secondary N) is 2. The number of hydrogen-bond donors (Lipinski definition) is 2. The van der Waals surface area contributed by atoms with Crippen molar-refractivity contribution in [3.05, 3.63) is 59.9 Å². The Kier molecular flexibility index (Phi) is 6.41. The Morgan fingerprint density at radius 1 is 1.14 bits per heavy atom. The summed E-state index contributed by atoms with van der Waals surface area (Å²) in [5.74, 6) is 1.15. The van der Waals surface area contributed by atoms with E-state index in [2.05, 4.69) is 20.8 Å². The van der Waals surface area contributed by atoms with Gasteiger partial charge in [-0.25, -0.2) is 4.79 Å². The highest BCUT2D eigenvalue weighted by molar-refractivity contribution is 7.99. The number of aromatic nitrogens is 3. The van der Waals surface area contributed by atoms with E-state index in [9.17, 15) is 14.4 Å². The zero-order chi connectivity index (χ0) is 24.4. The molecule has 2 aliphatic heterocycles. The SMILES string of the molecule is COc1ccc(-n2c(CC3CC(=O)NC(=O)N3)nnc2SCC(=O)N2CCc3ccccc32)cc1. The van der Waals surface area contributed by atoms with Gasteiger partial charge >= 0.3 is 6.03 Å². The Balaban J connectivity index is 1.38. The van der Waals surface area contributed by atoms with Gasteiger partial charge in [-0.3, -0.25) is 19.5 Å². The van der Waals surface area contributed by atoms with Gasteiger partial charge < -0.3 is 15.0 Å². The number of urea groups is 1. The Hall–Kier alpha value is -3.86. The van der Waals surface area contributed by atoms with Crippen molar-refractivity contribution in [1.82, 2.24) is 25.4 Å². The summed E-state index contributed by atoms with van der Waals surface area (Å²) in [7, 11) is 1.60. The summed E-state index contributed by atoms with van der Waals surface area (Å²) in [6.07, 6.45) is 1.31. The van der Waals surface area contributed by atoms with E-state index < -0.39 is 12.1 Å². The first-order valence-electron chi connectivity index (χ1n) is 11.2. The monoisotopic (exact) mass is 492 g/mol. The molecule has 3 heterocycles. The molecule has 1 unspecified atom stereocenters. The van der Waals surface area contributed by atoms with Crippen LogP contribution in [0.5, 0.6) is 5.75 Å². The summed E-state index contributed by atoms with van der Waals surface area (Å²) in [5.41, 5.74) is 2.92. The molecular formula is C24H24N6O4S. The number of rotatable bonds is 7. The van der Waals surface area contributed by atoms with E-state index in [0.717, 1.165) is 17.8 Å². The molecule has 180 valence electrons. The van der Waals surface area contributed by atoms with Gasteiger partial charge in [-0.05, 0) is 42.3 Å². The van der Waals surface area contributed by atoms with Crippen LogP contribution in [0.15, 0.2) is 53.7 Å². The summed E-state index contributed by atoms with van der Waals surface area (Å²) in [5, 5.41) is 14.2. The van der Waals surface area contributed by atoms with E-state index >= 15 is 0 Å². The smallest absolute Gasteiger partial charge is 0.321 e. The molecule has 11 heteroatoms. The van der Waals surface area contributed by atoms with Crippen LogP contribution in [0.1, 0.15) is 17.8 Å². The topological polar surface area (TPSA) is 118 Å². The van der Waals surface area contributed by atoms with Gasteiger partial charge in [0.1, 0.15) is 11.6 Å². The Labute approximate surface area is 206 Å². The molecule has 35 heavy (non-hydrogen) atoms. The lowest BCUT2D eigenvalue weighted by Gasteiger charge is -2.23. The van der Waals surface area contributed by atoms with Gasteiger partial charge in [0, 0.05) is 36.8 Å². The van der Waals surface area contributed by atoms with E-state index in [1.807, 2.05) is 58.0 Å². The second-order valence-electron chi connectivity index (χ2n) is 8.27. The van der Waals surface area contributed by atoms with Gasteiger partial charge in [0.15, 0.2) is 5.16 Å². The standard InChI is InChI=1S/C24H24N6O4S/c1-34-18-8-6-17(7-9-18)30-20(12-16-13-21(31)26-23(33)25-16)27-28-24(30)35-14-22(32)29-11-10-15-4-2-3-5-19(15)29/h2-9,16H,10-14H2,1H3,(H2,25,26,31,33). The third-order valence-corrected chi connectivity index (χ3v) is 6.91. The Morgan fingerprint density at radius 3 is 2.71 bits per heavy atom. The van der Waals surface area contributed by atoms with Crippen molar-refractivity contribution in [3.63, 3.8) is 0 Å². The molecule has 0 saturated carbocycles. The number of methoxy groups -OCH3 is 1. The fourth-order valence-corrected chi connectivity index (χ4v) is 5.18. The van der Waals surface area contributed by atoms with Crippen LogP contribution in [0, 0.1) is 0 Å². The fraction of sp³-hybridized carbons (Fsp3) is 0.292. The summed E-state index contributed by atoms with van der Waals surface area (Å²) in [6.45, 7) is 0.665.